The average molecular weight is 1030 g/mol. The van der Waals surface area contributed by atoms with E-state index in [0.717, 1.165) is 122 Å². The van der Waals surface area contributed by atoms with Crippen molar-refractivity contribution in [2.45, 2.75) is 187 Å². The second-order valence-corrected chi connectivity index (χ2v) is 24.0. The Kier molecular flexibility index (Phi) is 21.0. The highest BCUT2D eigenvalue weighted by molar-refractivity contribution is 5.70. The van der Waals surface area contributed by atoms with Gasteiger partial charge in [0.1, 0.15) is 17.6 Å². The zero-order valence-corrected chi connectivity index (χ0v) is 46.4. The largest absolute Gasteiger partial charge is 0.494 e. The van der Waals surface area contributed by atoms with E-state index in [1.165, 1.54) is 83.5 Å². The molecule has 0 spiro atoms. The number of fused-ring (bicyclic) bond motifs is 5. The van der Waals surface area contributed by atoms with Crippen molar-refractivity contribution < 1.29 is 28.5 Å². The molecule has 4 aromatic carbocycles. The topological polar surface area (TPSA) is 119 Å². The molecule has 0 radical (unpaired) electrons. The maximum Gasteiger partial charge on any atom is 0.306 e. The van der Waals surface area contributed by atoms with Crippen molar-refractivity contribution in [2.75, 3.05) is 19.8 Å². The van der Waals surface area contributed by atoms with Gasteiger partial charge in [0, 0.05) is 12.8 Å². The minimum absolute atomic E-state index is 0.00849. The van der Waals surface area contributed by atoms with Gasteiger partial charge in [-0.1, -0.05) is 127 Å². The van der Waals surface area contributed by atoms with E-state index in [1.54, 1.807) is 0 Å². The van der Waals surface area contributed by atoms with Crippen molar-refractivity contribution >= 4 is 11.9 Å². The Morgan fingerprint density at radius 3 is 1.54 bits per heavy atom. The number of unbranched alkanes of at least 4 members (excludes halogenated alkanes) is 11. The van der Waals surface area contributed by atoms with Crippen molar-refractivity contribution in [3.63, 3.8) is 0 Å². The van der Waals surface area contributed by atoms with Gasteiger partial charge in [-0.05, 0) is 207 Å². The molecule has 8 nitrogen and oxygen atoms in total. The number of nitriles is 2. The molecule has 4 fully saturated rings. The molecule has 0 unspecified atom stereocenters. The van der Waals surface area contributed by atoms with Crippen LogP contribution in [0.1, 0.15) is 192 Å². The fraction of sp³-hybridized carbons (Fsp3) is 0.588. The summed E-state index contributed by atoms with van der Waals surface area (Å²) >= 11 is 0. The molecule has 0 aromatic heterocycles. The normalized spacial score (nSPS) is 24.9. The first kappa shape index (κ1) is 56.6. The third kappa shape index (κ3) is 15.1. The smallest absolute Gasteiger partial charge is 0.306 e. The Bertz CT molecular complexity index is 2510. The van der Waals surface area contributed by atoms with Crippen LogP contribution in [0.5, 0.6) is 11.5 Å². The number of carbonyl (C=O) groups excluding carboxylic acids is 2. The van der Waals surface area contributed by atoms with Crippen LogP contribution in [0.25, 0.3) is 22.3 Å². The molecular formula is C68H88N2O6. The molecule has 0 amide bonds. The minimum Gasteiger partial charge on any atom is -0.494 e. The quantitative estimate of drug-likeness (QED) is 0.0408. The summed E-state index contributed by atoms with van der Waals surface area (Å²) in [5.74, 6) is 5.97. The second kappa shape index (κ2) is 28.1. The van der Waals surface area contributed by atoms with Crippen LogP contribution in [0.4, 0.5) is 0 Å². The first-order valence-corrected chi connectivity index (χ1v) is 29.9. The summed E-state index contributed by atoms with van der Waals surface area (Å²) in [6, 6.07) is 35.9. The molecule has 8 rings (SSSR count). The van der Waals surface area contributed by atoms with E-state index in [0.29, 0.717) is 65.8 Å². The van der Waals surface area contributed by atoms with Crippen LogP contribution in [0.2, 0.25) is 0 Å². The molecule has 0 N–H and O–H groups in total. The molecule has 0 bridgehead atoms. The van der Waals surface area contributed by atoms with E-state index < -0.39 is 0 Å². The summed E-state index contributed by atoms with van der Waals surface area (Å²) in [4.78, 5) is 26.0. The van der Waals surface area contributed by atoms with Gasteiger partial charge in [-0.25, -0.2) is 0 Å². The monoisotopic (exact) mass is 1030 g/mol. The summed E-state index contributed by atoms with van der Waals surface area (Å²) < 4.78 is 23.9. The van der Waals surface area contributed by atoms with Crippen LogP contribution < -0.4 is 9.47 Å². The van der Waals surface area contributed by atoms with Gasteiger partial charge in [0.25, 0.3) is 0 Å². The number of hydrogen-bond acceptors (Lipinski definition) is 8. The molecule has 8 heteroatoms. The van der Waals surface area contributed by atoms with Crippen LogP contribution >= 0.6 is 0 Å². The lowest BCUT2D eigenvalue weighted by Gasteiger charge is -2.61. The fourth-order valence-electron chi connectivity index (χ4n) is 14.9. The van der Waals surface area contributed by atoms with Crippen LogP contribution in [0.3, 0.4) is 0 Å². The van der Waals surface area contributed by atoms with Crippen molar-refractivity contribution in [2.24, 2.45) is 46.3 Å². The maximum atomic E-state index is 13.0. The molecule has 4 saturated carbocycles. The highest BCUT2D eigenvalue weighted by Crippen LogP contribution is 2.68. The first-order valence-electron chi connectivity index (χ1n) is 29.9. The molecule has 9 atom stereocenters. The zero-order chi connectivity index (χ0) is 53.2. The van der Waals surface area contributed by atoms with E-state index in [9.17, 15) is 9.59 Å². The van der Waals surface area contributed by atoms with Gasteiger partial charge in [-0.15, -0.1) is 0 Å². The van der Waals surface area contributed by atoms with E-state index in [-0.39, 0.29) is 18.0 Å². The van der Waals surface area contributed by atoms with Crippen LogP contribution in [-0.4, -0.2) is 37.9 Å². The highest BCUT2D eigenvalue weighted by Gasteiger charge is 2.60. The Hall–Kier alpha value is -5.60. The molecular weight excluding hydrogens is 941 g/mol. The predicted molar refractivity (Wildman–Crippen MR) is 303 cm³/mol. The Morgan fingerprint density at radius 2 is 1.00 bits per heavy atom. The van der Waals surface area contributed by atoms with Crippen molar-refractivity contribution in [1.82, 2.24) is 0 Å². The number of ether oxygens (including phenoxy) is 4. The summed E-state index contributed by atoms with van der Waals surface area (Å²) in [6.45, 7) is 9.61. The SMILES string of the molecule is C[C@H](CCC(=O)OCCCCCCCCCCCOc1ccc(-c2ccc(C#N)cc2)cc1)[C@H]1CC[C@H]2[C@@H]3CC[C@@H]4C[C@@H](OC(=O)CCCCCCOc5ccc(-c6ccc(C#N)cc6)cc5)CC[C@]4(C)[C@H]3CC[C@]12C. The third-order valence-corrected chi connectivity index (χ3v) is 19.2. The number of benzene rings is 4. The van der Waals surface area contributed by atoms with Gasteiger partial charge >= 0.3 is 11.9 Å². The van der Waals surface area contributed by atoms with Gasteiger partial charge in [0.2, 0.25) is 0 Å². The average Bonchev–Trinajstić information content (AvgIpc) is 3.86. The first-order chi connectivity index (χ1) is 37.1. The number of nitrogens with zero attached hydrogens (tertiary/aromatic N) is 2. The summed E-state index contributed by atoms with van der Waals surface area (Å²) in [5.41, 5.74) is 6.45. The van der Waals surface area contributed by atoms with E-state index in [4.69, 9.17) is 29.5 Å². The molecule has 4 aliphatic carbocycles. The number of esters is 2. The molecule has 4 aliphatic rings. The molecule has 0 aliphatic heterocycles. The van der Waals surface area contributed by atoms with Gasteiger partial charge in [-0.3, -0.25) is 9.59 Å². The van der Waals surface area contributed by atoms with Crippen molar-refractivity contribution in [3.8, 4) is 45.9 Å². The Morgan fingerprint density at radius 1 is 0.526 bits per heavy atom. The maximum absolute atomic E-state index is 13.0. The Balaban J connectivity index is 0.628. The van der Waals surface area contributed by atoms with Gasteiger partial charge in [0.15, 0.2) is 0 Å². The van der Waals surface area contributed by atoms with E-state index in [2.05, 4.69) is 57.2 Å². The summed E-state index contributed by atoms with van der Waals surface area (Å²) in [7, 11) is 0. The van der Waals surface area contributed by atoms with Gasteiger partial charge in [-0.2, -0.15) is 10.5 Å². The summed E-state index contributed by atoms with van der Waals surface area (Å²) in [6.07, 6.45) is 27.6. The number of carbonyl (C=O) groups is 2. The van der Waals surface area contributed by atoms with E-state index >= 15 is 0 Å². The molecule has 4 aromatic rings. The highest BCUT2D eigenvalue weighted by atomic mass is 16.5. The zero-order valence-electron chi connectivity index (χ0n) is 46.4. The fourth-order valence-corrected chi connectivity index (χ4v) is 14.9. The van der Waals surface area contributed by atoms with Gasteiger partial charge < -0.3 is 18.9 Å². The second-order valence-electron chi connectivity index (χ2n) is 24.0. The Labute approximate surface area is 456 Å². The molecule has 0 heterocycles. The lowest BCUT2D eigenvalue weighted by molar-refractivity contribution is -0.162. The predicted octanol–water partition coefficient (Wildman–Crippen LogP) is 17.2. The van der Waals surface area contributed by atoms with Crippen molar-refractivity contribution in [3.05, 3.63) is 108 Å². The standard InChI is InChI=1S/C68H88N2O6/c1-50(18-39-65(71)75-46-16-11-8-6-4-5-7-10-14-44-73-58-32-27-55(28-33-58)53-23-19-51(48-69)20-24-53)62-37-38-63-61-36-31-57-47-60(40-42-67(57,2)64(61)41-43-68(62,63)3)76-66(72)17-13-9-12-15-45-74-59-34-29-56(30-35-59)54-25-21-52(49-70)22-26-54/h19-30,32-35,50,57,60-64H,4-18,31,36-47H2,1-3H3/t50-,57-,60+,61+,62-,63+,64+,67+,68-/m1/s1. The van der Waals surface area contributed by atoms with Gasteiger partial charge in [0.05, 0.1) is 43.1 Å². The van der Waals surface area contributed by atoms with Crippen LogP contribution in [0.15, 0.2) is 97.1 Å². The molecule has 0 saturated heterocycles. The number of rotatable bonds is 28. The lowest BCUT2D eigenvalue weighted by atomic mass is 9.44. The van der Waals surface area contributed by atoms with Crippen LogP contribution in [0, 0.1) is 69.0 Å². The number of hydrogen-bond donors (Lipinski definition) is 0. The van der Waals surface area contributed by atoms with Crippen LogP contribution in [-0.2, 0) is 19.1 Å². The van der Waals surface area contributed by atoms with Crippen molar-refractivity contribution in [1.29, 1.82) is 10.5 Å². The van der Waals surface area contributed by atoms with E-state index in [1.807, 2.05) is 72.8 Å². The molecule has 76 heavy (non-hydrogen) atoms. The molecule has 406 valence electrons. The lowest BCUT2D eigenvalue weighted by Crippen LogP contribution is -2.54. The minimum atomic E-state index is -0.0148. The third-order valence-electron chi connectivity index (χ3n) is 19.2. The summed E-state index contributed by atoms with van der Waals surface area (Å²) in [5, 5.41) is 18.1.